The molecular formula is C13H16BrClN2O3. The number of oxime groups is 1. The lowest BCUT2D eigenvalue weighted by Crippen LogP contribution is -2.32. The van der Waals surface area contributed by atoms with Gasteiger partial charge < -0.3 is 15.3 Å². The maximum absolute atomic E-state index is 11.6. The highest BCUT2D eigenvalue weighted by atomic mass is 79.9. The van der Waals surface area contributed by atoms with Crippen molar-refractivity contribution in [2.24, 2.45) is 5.16 Å². The zero-order valence-electron chi connectivity index (χ0n) is 11.4. The first kappa shape index (κ1) is 16.8. The molecule has 0 heterocycles. The Hall–Kier alpha value is -1.27. The van der Waals surface area contributed by atoms with E-state index < -0.39 is 11.7 Å². The van der Waals surface area contributed by atoms with E-state index in [1.165, 1.54) is 0 Å². The van der Waals surface area contributed by atoms with E-state index >= 15 is 0 Å². The van der Waals surface area contributed by atoms with Crippen LogP contribution in [0.25, 0.3) is 0 Å². The molecule has 0 unspecified atom stereocenters. The van der Waals surface area contributed by atoms with Crippen LogP contribution in [0.3, 0.4) is 0 Å². The third-order valence-corrected chi connectivity index (χ3v) is 3.26. The minimum absolute atomic E-state index is 0.0176. The number of carbonyl (C=O) groups excluding carboxylic acids is 1. The molecule has 0 fully saturated rings. The molecule has 0 saturated carbocycles. The lowest BCUT2D eigenvalue weighted by Gasteiger charge is -2.19. The Morgan fingerprint density at radius 1 is 1.50 bits per heavy atom. The molecule has 0 saturated heterocycles. The van der Waals surface area contributed by atoms with E-state index in [-0.39, 0.29) is 11.7 Å². The van der Waals surface area contributed by atoms with Crippen molar-refractivity contribution in [1.82, 2.24) is 5.32 Å². The zero-order chi connectivity index (χ0) is 15.3. The molecule has 0 spiro atoms. The van der Waals surface area contributed by atoms with E-state index in [9.17, 15) is 4.79 Å². The number of amides is 1. The van der Waals surface area contributed by atoms with Crippen molar-refractivity contribution in [1.29, 1.82) is 0 Å². The van der Waals surface area contributed by atoms with E-state index in [0.29, 0.717) is 5.56 Å². The van der Waals surface area contributed by atoms with Gasteiger partial charge in [-0.3, -0.25) is 0 Å². The number of nitrogens with zero attached hydrogens (tertiary/aromatic N) is 1. The van der Waals surface area contributed by atoms with Crippen molar-refractivity contribution in [3.05, 3.63) is 33.8 Å². The van der Waals surface area contributed by atoms with Gasteiger partial charge in [-0.25, -0.2) is 4.79 Å². The lowest BCUT2D eigenvalue weighted by atomic mass is 10.1. The molecule has 1 aromatic carbocycles. The van der Waals surface area contributed by atoms with Gasteiger partial charge in [0.05, 0.1) is 0 Å². The van der Waals surface area contributed by atoms with Crippen LogP contribution in [0.2, 0.25) is 0 Å². The van der Waals surface area contributed by atoms with Crippen molar-refractivity contribution in [3.63, 3.8) is 0 Å². The van der Waals surface area contributed by atoms with E-state index in [1.807, 2.05) is 0 Å². The molecule has 5 nitrogen and oxygen atoms in total. The van der Waals surface area contributed by atoms with Crippen molar-refractivity contribution in [2.75, 3.05) is 0 Å². The molecule has 1 rings (SSSR count). The molecular weight excluding hydrogens is 348 g/mol. The van der Waals surface area contributed by atoms with Gasteiger partial charge in [-0.2, -0.15) is 0 Å². The Morgan fingerprint density at radius 2 is 2.15 bits per heavy atom. The zero-order valence-corrected chi connectivity index (χ0v) is 13.7. The molecule has 2 N–H and O–H groups in total. The molecule has 0 atom stereocenters. The number of alkyl carbamates (subject to hydrolysis) is 1. The molecule has 1 aromatic rings. The second-order valence-electron chi connectivity index (χ2n) is 5.05. The lowest BCUT2D eigenvalue weighted by molar-refractivity contribution is 0.0523. The quantitative estimate of drug-likeness (QED) is 0.487. The van der Waals surface area contributed by atoms with Crippen LogP contribution in [0.15, 0.2) is 27.8 Å². The van der Waals surface area contributed by atoms with Crippen molar-refractivity contribution in [3.8, 4) is 0 Å². The van der Waals surface area contributed by atoms with Gasteiger partial charge in [0.15, 0.2) is 5.17 Å². The number of hydrogen-bond acceptors (Lipinski definition) is 4. The molecule has 0 aromatic heterocycles. The highest BCUT2D eigenvalue weighted by Crippen LogP contribution is 2.20. The van der Waals surface area contributed by atoms with Crippen LogP contribution < -0.4 is 5.32 Å². The summed E-state index contributed by atoms with van der Waals surface area (Å²) in [5, 5.41) is 14.2. The maximum Gasteiger partial charge on any atom is 0.407 e. The van der Waals surface area contributed by atoms with Gasteiger partial charge in [-0.15, -0.1) is 0 Å². The summed E-state index contributed by atoms with van der Waals surface area (Å²) in [5.74, 6) is 0. The van der Waals surface area contributed by atoms with Crippen LogP contribution in [-0.2, 0) is 11.3 Å². The van der Waals surface area contributed by atoms with Gasteiger partial charge in [-0.1, -0.05) is 38.8 Å². The van der Waals surface area contributed by atoms with Crippen LogP contribution in [0.5, 0.6) is 0 Å². The third kappa shape index (κ3) is 5.38. The molecule has 0 aliphatic rings. The fraction of sp³-hybridized carbons (Fsp3) is 0.385. The fourth-order valence-corrected chi connectivity index (χ4v) is 1.88. The topological polar surface area (TPSA) is 70.9 Å². The van der Waals surface area contributed by atoms with Gasteiger partial charge in [0.1, 0.15) is 5.60 Å². The molecule has 1 amide bonds. The van der Waals surface area contributed by atoms with Crippen LogP contribution in [0, 0.1) is 0 Å². The van der Waals surface area contributed by atoms with Crippen LogP contribution in [0.4, 0.5) is 4.79 Å². The molecule has 0 radical (unpaired) electrons. The van der Waals surface area contributed by atoms with Crippen molar-refractivity contribution < 1.29 is 14.7 Å². The smallest absolute Gasteiger partial charge is 0.407 e. The number of rotatable bonds is 3. The molecule has 0 aliphatic carbocycles. The van der Waals surface area contributed by atoms with Crippen LogP contribution >= 0.6 is 27.5 Å². The van der Waals surface area contributed by atoms with Crippen molar-refractivity contribution >= 4 is 38.8 Å². The Balaban J connectivity index is 2.75. The maximum atomic E-state index is 11.6. The molecule has 0 bridgehead atoms. The standard InChI is InChI=1S/C13H16BrClN2O3/c1-13(2,3)20-12(18)16-7-9-6-8(11(15)17-19)4-5-10(9)14/h4-6,19H,7H2,1-3H3,(H,16,18)/b17-11-. The summed E-state index contributed by atoms with van der Waals surface area (Å²) in [6.07, 6.45) is -0.503. The van der Waals surface area contributed by atoms with Crippen LogP contribution in [-0.4, -0.2) is 22.1 Å². The second kappa shape index (κ2) is 6.95. The van der Waals surface area contributed by atoms with Crippen LogP contribution in [0.1, 0.15) is 31.9 Å². The first-order valence-electron chi connectivity index (χ1n) is 5.86. The summed E-state index contributed by atoms with van der Waals surface area (Å²) in [7, 11) is 0. The molecule has 110 valence electrons. The van der Waals surface area contributed by atoms with Gasteiger partial charge >= 0.3 is 6.09 Å². The van der Waals surface area contributed by atoms with E-state index in [1.54, 1.807) is 39.0 Å². The van der Waals surface area contributed by atoms with Gasteiger partial charge in [0.25, 0.3) is 0 Å². The third-order valence-electron chi connectivity index (χ3n) is 2.19. The SMILES string of the molecule is CC(C)(C)OC(=O)NCc1cc(/C(Cl)=N/O)ccc1Br. The summed E-state index contributed by atoms with van der Waals surface area (Å²) in [6.45, 7) is 5.64. The minimum atomic E-state index is -0.546. The van der Waals surface area contributed by atoms with Gasteiger partial charge in [0.2, 0.25) is 0 Å². The number of benzene rings is 1. The largest absolute Gasteiger partial charge is 0.444 e. The molecule has 7 heteroatoms. The predicted octanol–water partition coefficient (Wildman–Crippen LogP) is 3.85. The number of nitrogens with one attached hydrogen (secondary N) is 1. The Morgan fingerprint density at radius 3 is 2.70 bits per heavy atom. The van der Waals surface area contributed by atoms with Gasteiger partial charge in [0, 0.05) is 16.6 Å². The number of carbonyl (C=O) groups is 1. The fourth-order valence-electron chi connectivity index (χ4n) is 1.38. The highest BCUT2D eigenvalue weighted by Gasteiger charge is 2.16. The summed E-state index contributed by atoms with van der Waals surface area (Å²) in [6, 6.07) is 5.17. The number of halogens is 2. The second-order valence-corrected chi connectivity index (χ2v) is 6.26. The average Bonchev–Trinajstić information content (AvgIpc) is 2.34. The molecule has 20 heavy (non-hydrogen) atoms. The van der Waals surface area contributed by atoms with Gasteiger partial charge in [-0.05, 0) is 38.5 Å². The van der Waals surface area contributed by atoms with E-state index in [2.05, 4.69) is 26.4 Å². The predicted molar refractivity (Wildman–Crippen MR) is 81.4 cm³/mol. The Bertz CT molecular complexity index is 527. The number of hydrogen-bond donors (Lipinski definition) is 2. The highest BCUT2D eigenvalue weighted by molar-refractivity contribution is 9.10. The first-order chi connectivity index (χ1) is 9.23. The van der Waals surface area contributed by atoms with Crippen molar-refractivity contribution in [2.45, 2.75) is 32.9 Å². The summed E-state index contributed by atoms with van der Waals surface area (Å²) in [5.41, 5.74) is 0.796. The minimum Gasteiger partial charge on any atom is -0.444 e. The summed E-state index contributed by atoms with van der Waals surface area (Å²) >= 11 is 9.11. The average molecular weight is 364 g/mol. The Labute approximate surface area is 131 Å². The summed E-state index contributed by atoms with van der Waals surface area (Å²) < 4.78 is 5.95. The monoisotopic (exact) mass is 362 g/mol. The van der Waals surface area contributed by atoms with E-state index in [4.69, 9.17) is 21.5 Å². The molecule has 0 aliphatic heterocycles. The first-order valence-corrected chi connectivity index (χ1v) is 7.03. The summed E-state index contributed by atoms with van der Waals surface area (Å²) in [4.78, 5) is 11.6. The van der Waals surface area contributed by atoms with E-state index in [0.717, 1.165) is 10.0 Å². The Kier molecular flexibility index (Phi) is 5.83. The normalized spacial score (nSPS) is 12.2. The number of ether oxygens (including phenoxy) is 1.